The third-order valence-corrected chi connectivity index (χ3v) is 1.75. The summed E-state index contributed by atoms with van der Waals surface area (Å²) >= 11 is 0. The monoisotopic (exact) mass is 189 g/mol. The maximum atomic E-state index is 11.2. The van der Waals surface area contributed by atoms with Gasteiger partial charge in [-0.15, -0.1) is 6.42 Å². The van der Waals surface area contributed by atoms with Crippen molar-refractivity contribution < 1.29 is 0 Å². The van der Waals surface area contributed by atoms with E-state index in [1.54, 1.807) is 13.0 Å². The molecule has 0 bridgehead atoms. The lowest BCUT2D eigenvalue weighted by Gasteiger charge is -2.06. The number of nitrogens with zero attached hydrogens (tertiary/aromatic N) is 2. The SMILES string of the molecule is C#CC(C)n1cc(C#N)c(=O)[nH]c1=O. The van der Waals surface area contributed by atoms with Gasteiger partial charge in [0, 0.05) is 6.20 Å². The van der Waals surface area contributed by atoms with Gasteiger partial charge in [0.2, 0.25) is 0 Å². The second-order valence-electron chi connectivity index (χ2n) is 2.66. The second-order valence-corrected chi connectivity index (χ2v) is 2.66. The van der Waals surface area contributed by atoms with Gasteiger partial charge in [0.15, 0.2) is 0 Å². The fourth-order valence-electron chi connectivity index (χ4n) is 0.933. The number of nitriles is 1. The molecule has 1 atom stereocenters. The summed E-state index contributed by atoms with van der Waals surface area (Å²) in [4.78, 5) is 24.2. The topological polar surface area (TPSA) is 78.7 Å². The lowest BCUT2D eigenvalue weighted by molar-refractivity contribution is 0.627. The molecule has 1 aromatic rings. The zero-order chi connectivity index (χ0) is 10.7. The number of H-pyrrole nitrogens is 1. The molecular formula is C9H7N3O2. The first-order chi connectivity index (χ1) is 6.60. The summed E-state index contributed by atoms with van der Waals surface area (Å²) in [6, 6.07) is 1.18. The van der Waals surface area contributed by atoms with Crippen molar-refractivity contribution in [1.29, 1.82) is 5.26 Å². The number of nitrogens with one attached hydrogen (secondary N) is 1. The molecule has 1 aromatic heterocycles. The van der Waals surface area contributed by atoms with E-state index in [1.165, 1.54) is 0 Å². The van der Waals surface area contributed by atoms with Crippen molar-refractivity contribution in [2.24, 2.45) is 0 Å². The molecule has 14 heavy (non-hydrogen) atoms. The van der Waals surface area contributed by atoms with Gasteiger partial charge in [0.05, 0.1) is 6.04 Å². The van der Waals surface area contributed by atoms with Gasteiger partial charge in [0.1, 0.15) is 11.6 Å². The number of rotatable bonds is 1. The summed E-state index contributed by atoms with van der Waals surface area (Å²) in [5.74, 6) is 2.32. The third-order valence-electron chi connectivity index (χ3n) is 1.75. The van der Waals surface area contributed by atoms with Gasteiger partial charge in [-0.3, -0.25) is 14.3 Å². The van der Waals surface area contributed by atoms with E-state index in [9.17, 15) is 9.59 Å². The summed E-state index contributed by atoms with van der Waals surface area (Å²) < 4.78 is 1.12. The smallest absolute Gasteiger partial charge is 0.285 e. The Balaban J connectivity index is 3.51. The van der Waals surface area contributed by atoms with Crippen LogP contribution in [0.1, 0.15) is 18.5 Å². The fraction of sp³-hybridized carbons (Fsp3) is 0.222. The molecule has 1 unspecified atom stereocenters. The van der Waals surface area contributed by atoms with Crippen LogP contribution in [-0.4, -0.2) is 9.55 Å². The summed E-state index contributed by atoms with van der Waals surface area (Å²) in [6.07, 6.45) is 6.28. The van der Waals surface area contributed by atoms with Crippen molar-refractivity contribution in [3.05, 3.63) is 32.6 Å². The van der Waals surface area contributed by atoms with Crippen LogP contribution in [0.3, 0.4) is 0 Å². The lowest BCUT2D eigenvalue weighted by atomic mass is 10.3. The van der Waals surface area contributed by atoms with Gasteiger partial charge in [-0.25, -0.2) is 4.79 Å². The van der Waals surface area contributed by atoms with Crippen molar-refractivity contribution in [2.45, 2.75) is 13.0 Å². The first-order valence-electron chi connectivity index (χ1n) is 3.82. The average Bonchev–Trinajstić information content (AvgIpc) is 2.17. The van der Waals surface area contributed by atoms with Crippen LogP contribution in [-0.2, 0) is 0 Å². The molecule has 0 aliphatic carbocycles. The van der Waals surface area contributed by atoms with Gasteiger partial charge < -0.3 is 0 Å². The van der Waals surface area contributed by atoms with Gasteiger partial charge >= 0.3 is 5.69 Å². The molecule has 0 aromatic carbocycles. The van der Waals surface area contributed by atoms with E-state index in [0.717, 1.165) is 10.8 Å². The molecule has 1 heterocycles. The summed E-state index contributed by atoms with van der Waals surface area (Å²) in [5.41, 5.74) is -1.44. The molecule has 0 saturated carbocycles. The molecule has 1 N–H and O–H groups in total. The van der Waals surface area contributed by atoms with Gasteiger partial charge in [-0.2, -0.15) is 5.26 Å². The zero-order valence-corrected chi connectivity index (χ0v) is 7.44. The molecule has 0 saturated heterocycles. The van der Waals surface area contributed by atoms with Crippen LogP contribution in [0, 0.1) is 23.7 Å². The molecule has 5 heteroatoms. The maximum Gasteiger partial charge on any atom is 0.329 e. The van der Waals surface area contributed by atoms with Crippen LogP contribution < -0.4 is 11.2 Å². The normalized spacial score (nSPS) is 11.4. The van der Waals surface area contributed by atoms with Crippen molar-refractivity contribution in [1.82, 2.24) is 9.55 Å². The van der Waals surface area contributed by atoms with Gasteiger partial charge in [-0.05, 0) is 6.92 Å². The highest BCUT2D eigenvalue weighted by Crippen LogP contribution is 1.98. The number of hydrogen-bond donors (Lipinski definition) is 1. The van der Waals surface area contributed by atoms with E-state index in [-0.39, 0.29) is 5.56 Å². The Kier molecular flexibility index (Phi) is 2.54. The predicted molar refractivity (Wildman–Crippen MR) is 49.6 cm³/mol. The molecule has 0 aliphatic heterocycles. The van der Waals surface area contributed by atoms with Crippen LogP contribution in [0.5, 0.6) is 0 Å². The maximum absolute atomic E-state index is 11.2. The third kappa shape index (κ3) is 1.57. The molecular weight excluding hydrogens is 182 g/mol. The highest BCUT2D eigenvalue weighted by atomic mass is 16.2. The second kappa shape index (κ2) is 3.63. The van der Waals surface area contributed by atoms with Crippen molar-refractivity contribution >= 4 is 0 Å². The Morgan fingerprint density at radius 2 is 2.29 bits per heavy atom. The van der Waals surface area contributed by atoms with E-state index in [1.807, 2.05) is 4.98 Å². The number of aromatic amines is 1. The fourth-order valence-corrected chi connectivity index (χ4v) is 0.933. The quantitative estimate of drug-likeness (QED) is 0.610. The molecule has 1 rings (SSSR count). The Morgan fingerprint density at radius 1 is 1.64 bits per heavy atom. The minimum Gasteiger partial charge on any atom is -0.285 e. The van der Waals surface area contributed by atoms with Crippen LogP contribution >= 0.6 is 0 Å². The average molecular weight is 189 g/mol. The Bertz CT molecular complexity index is 539. The van der Waals surface area contributed by atoms with Crippen LogP contribution in [0.25, 0.3) is 0 Å². The molecule has 0 aliphatic rings. The molecule has 0 spiro atoms. The van der Waals surface area contributed by atoms with Crippen molar-refractivity contribution in [2.75, 3.05) is 0 Å². The summed E-state index contributed by atoms with van der Waals surface area (Å²) in [7, 11) is 0. The Hall–Kier alpha value is -2.27. The Morgan fingerprint density at radius 3 is 2.79 bits per heavy atom. The van der Waals surface area contributed by atoms with Gasteiger partial charge in [0.25, 0.3) is 5.56 Å². The van der Waals surface area contributed by atoms with Crippen LogP contribution in [0.15, 0.2) is 15.8 Å². The van der Waals surface area contributed by atoms with E-state index in [4.69, 9.17) is 11.7 Å². The minimum atomic E-state index is -0.696. The lowest BCUT2D eigenvalue weighted by Crippen LogP contribution is -2.32. The van der Waals surface area contributed by atoms with Crippen molar-refractivity contribution in [3.8, 4) is 18.4 Å². The molecule has 0 amide bonds. The molecule has 5 nitrogen and oxygen atoms in total. The van der Waals surface area contributed by atoms with Crippen molar-refractivity contribution in [3.63, 3.8) is 0 Å². The zero-order valence-electron chi connectivity index (χ0n) is 7.44. The molecule has 0 radical (unpaired) electrons. The van der Waals surface area contributed by atoms with Crippen LogP contribution in [0.2, 0.25) is 0 Å². The Labute approximate surface area is 79.6 Å². The first kappa shape index (κ1) is 9.82. The predicted octanol–water partition coefficient (Wildman–Crippen LogP) is -0.398. The van der Waals surface area contributed by atoms with Crippen LogP contribution in [0.4, 0.5) is 0 Å². The first-order valence-corrected chi connectivity index (χ1v) is 3.82. The van der Waals surface area contributed by atoms with Gasteiger partial charge in [-0.1, -0.05) is 5.92 Å². The number of terminal acetylenes is 1. The standard InChI is InChI=1S/C9H7N3O2/c1-3-6(2)12-5-7(4-10)8(13)11-9(12)14/h1,5-6H,2H3,(H,11,13,14). The molecule has 0 fully saturated rings. The van der Waals surface area contributed by atoms with E-state index < -0.39 is 17.3 Å². The van der Waals surface area contributed by atoms with E-state index in [2.05, 4.69) is 5.92 Å². The largest absolute Gasteiger partial charge is 0.329 e. The highest BCUT2D eigenvalue weighted by molar-refractivity contribution is 5.22. The molecule has 70 valence electrons. The van der Waals surface area contributed by atoms with E-state index in [0.29, 0.717) is 0 Å². The number of hydrogen-bond acceptors (Lipinski definition) is 3. The van der Waals surface area contributed by atoms with E-state index >= 15 is 0 Å². The highest BCUT2D eigenvalue weighted by Gasteiger charge is 2.07. The summed E-state index contributed by atoms with van der Waals surface area (Å²) in [6.45, 7) is 1.61. The summed E-state index contributed by atoms with van der Waals surface area (Å²) in [5, 5.41) is 8.55. The number of aromatic nitrogens is 2. The minimum absolute atomic E-state index is 0.133.